The molecular formula is C15H21N3O. The van der Waals surface area contributed by atoms with Gasteiger partial charge in [0.15, 0.2) is 5.75 Å². The summed E-state index contributed by atoms with van der Waals surface area (Å²) in [6.07, 6.45) is 1.78. The van der Waals surface area contributed by atoms with Gasteiger partial charge in [-0.25, -0.2) is 0 Å². The van der Waals surface area contributed by atoms with E-state index in [1.807, 2.05) is 11.7 Å². The summed E-state index contributed by atoms with van der Waals surface area (Å²) in [5, 5.41) is 7.72. The minimum atomic E-state index is 0.0815. The molecule has 4 nitrogen and oxygen atoms in total. The summed E-state index contributed by atoms with van der Waals surface area (Å²) in [6, 6.07) is 8.61. The number of hydrogen-bond acceptors (Lipinski definition) is 3. The van der Waals surface area contributed by atoms with Crippen LogP contribution in [0.15, 0.2) is 30.5 Å². The second-order valence-corrected chi connectivity index (χ2v) is 4.55. The molecule has 2 rings (SSSR count). The number of aromatic nitrogens is 2. The highest BCUT2D eigenvalue weighted by Gasteiger charge is 2.21. The van der Waals surface area contributed by atoms with Gasteiger partial charge in [-0.3, -0.25) is 4.68 Å². The Balaban J connectivity index is 2.46. The van der Waals surface area contributed by atoms with E-state index in [1.54, 1.807) is 13.3 Å². The fraction of sp³-hybridized carbons (Fsp3) is 0.400. The summed E-state index contributed by atoms with van der Waals surface area (Å²) in [6.45, 7) is 5.00. The molecule has 1 N–H and O–H groups in total. The summed E-state index contributed by atoms with van der Waals surface area (Å²) in [4.78, 5) is 0. The molecule has 0 aliphatic carbocycles. The van der Waals surface area contributed by atoms with Crippen LogP contribution in [-0.4, -0.2) is 23.9 Å². The van der Waals surface area contributed by atoms with Crippen molar-refractivity contribution < 1.29 is 4.74 Å². The van der Waals surface area contributed by atoms with Crippen LogP contribution in [0.3, 0.4) is 0 Å². The van der Waals surface area contributed by atoms with Gasteiger partial charge in [0.25, 0.3) is 0 Å². The molecule has 0 aliphatic heterocycles. The lowest BCUT2D eigenvalue weighted by Gasteiger charge is -2.19. The van der Waals surface area contributed by atoms with E-state index >= 15 is 0 Å². The summed E-state index contributed by atoms with van der Waals surface area (Å²) >= 11 is 0. The van der Waals surface area contributed by atoms with E-state index < -0.39 is 0 Å². The van der Waals surface area contributed by atoms with Gasteiger partial charge in [0.2, 0.25) is 0 Å². The molecule has 1 heterocycles. The number of hydrogen-bond donors (Lipinski definition) is 1. The van der Waals surface area contributed by atoms with Crippen molar-refractivity contribution in [1.82, 2.24) is 15.1 Å². The van der Waals surface area contributed by atoms with Crippen LogP contribution in [0.2, 0.25) is 0 Å². The van der Waals surface area contributed by atoms with Gasteiger partial charge in [0, 0.05) is 6.54 Å². The van der Waals surface area contributed by atoms with E-state index in [-0.39, 0.29) is 6.04 Å². The maximum atomic E-state index is 5.43. The lowest BCUT2D eigenvalue weighted by molar-refractivity contribution is 0.401. The third kappa shape index (κ3) is 2.63. The topological polar surface area (TPSA) is 39.1 Å². The molecule has 1 atom stereocenters. The molecule has 0 bridgehead atoms. The quantitative estimate of drug-likeness (QED) is 0.897. The number of ether oxygens (including phenoxy) is 1. The zero-order chi connectivity index (χ0) is 13.8. The van der Waals surface area contributed by atoms with Crippen LogP contribution >= 0.6 is 0 Å². The summed E-state index contributed by atoms with van der Waals surface area (Å²) in [7, 11) is 3.64. The molecule has 1 aromatic heterocycles. The van der Waals surface area contributed by atoms with Crippen LogP contribution in [0, 0.1) is 6.92 Å². The summed E-state index contributed by atoms with van der Waals surface area (Å²) in [5.74, 6) is 0.821. The van der Waals surface area contributed by atoms with Gasteiger partial charge in [-0.2, -0.15) is 5.10 Å². The van der Waals surface area contributed by atoms with Crippen LogP contribution in [0.25, 0.3) is 0 Å². The predicted octanol–water partition coefficient (Wildman–Crippen LogP) is 2.53. The normalized spacial score (nSPS) is 12.4. The Bertz CT molecular complexity index is 509. The minimum absolute atomic E-state index is 0.0815. The van der Waals surface area contributed by atoms with E-state index in [1.165, 1.54) is 11.1 Å². The minimum Gasteiger partial charge on any atom is -0.493 e. The molecule has 0 radical (unpaired) electrons. The highest BCUT2D eigenvalue weighted by molar-refractivity contribution is 5.37. The highest BCUT2D eigenvalue weighted by Crippen LogP contribution is 2.29. The maximum Gasteiger partial charge on any atom is 0.161 e. The lowest BCUT2D eigenvalue weighted by atomic mass is 10.0. The van der Waals surface area contributed by atoms with Crippen LogP contribution in [-0.2, 0) is 6.54 Å². The Morgan fingerprint density at radius 1 is 1.32 bits per heavy atom. The van der Waals surface area contributed by atoms with Gasteiger partial charge >= 0.3 is 0 Å². The summed E-state index contributed by atoms with van der Waals surface area (Å²) in [5.41, 5.74) is 3.53. The molecule has 1 unspecified atom stereocenters. The molecule has 0 spiro atoms. The Hall–Kier alpha value is -1.81. The van der Waals surface area contributed by atoms with Crippen molar-refractivity contribution in [2.75, 3.05) is 14.2 Å². The molecule has 19 heavy (non-hydrogen) atoms. The lowest BCUT2D eigenvalue weighted by Crippen LogP contribution is -2.22. The van der Waals surface area contributed by atoms with Crippen molar-refractivity contribution in [1.29, 1.82) is 0 Å². The first-order chi connectivity index (χ1) is 9.21. The number of benzene rings is 1. The van der Waals surface area contributed by atoms with Crippen molar-refractivity contribution in [2.45, 2.75) is 26.4 Å². The van der Waals surface area contributed by atoms with Gasteiger partial charge in [-0.05, 0) is 26.5 Å². The monoisotopic (exact) mass is 259 g/mol. The second kappa shape index (κ2) is 5.89. The molecule has 0 saturated heterocycles. The van der Waals surface area contributed by atoms with E-state index in [0.29, 0.717) is 0 Å². The van der Waals surface area contributed by atoms with Gasteiger partial charge in [-0.15, -0.1) is 0 Å². The second-order valence-electron chi connectivity index (χ2n) is 4.55. The summed E-state index contributed by atoms with van der Waals surface area (Å²) < 4.78 is 7.40. The first-order valence-electron chi connectivity index (χ1n) is 6.54. The smallest absolute Gasteiger partial charge is 0.161 e. The van der Waals surface area contributed by atoms with Crippen molar-refractivity contribution in [3.8, 4) is 5.75 Å². The maximum absolute atomic E-state index is 5.43. The molecular weight excluding hydrogens is 238 g/mol. The Kier molecular flexibility index (Phi) is 4.22. The third-order valence-electron chi connectivity index (χ3n) is 3.34. The molecule has 102 valence electrons. The van der Waals surface area contributed by atoms with Crippen molar-refractivity contribution in [2.24, 2.45) is 0 Å². The van der Waals surface area contributed by atoms with Crippen LogP contribution in [0.1, 0.15) is 29.8 Å². The van der Waals surface area contributed by atoms with Gasteiger partial charge in [-0.1, -0.05) is 29.8 Å². The van der Waals surface area contributed by atoms with E-state index in [4.69, 9.17) is 4.74 Å². The van der Waals surface area contributed by atoms with Crippen LogP contribution < -0.4 is 10.1 Å². The van der Waals surface area contributed by atoms with E-state index in [2.05, 4.69) is 48.5 Å². The van der Waals surface area contributed by atoms with Gasteiger partial charge in [0.05, 0.1) is 19.3 Å². The van der Waals surface area contributed by atoms with Crippen LogP contribution in [0.5, 0.6) is 5.75 Å². The molecule has 0 saturated carbocycles. The molecule has 0 amide bonds. The fourth-order valence-corrected chi connectivity index (χ4v) is 2.30. The van der Waals surface area contributed by atoms with Gasteiger partial charge in [0.1, 0.15) is 5.69 Å². The number of nitrogens with zero attached hydrogens (tertiary/aromatic N) is 2. The van der Waals surface area contributed by atoms with E-state index in [9.17, 15) is 0 Å². The van der Waals surface area contributed by atoms with E-state index in [0.717, 1.165) is 18.0 Å². The standard InChI is InChI=1S/C15H21N3O/c1-5-18-15(13(19-4)10-17-18)14(16-3)12-8-6-11(2)7-9-12/h6-10,14,16H,5H2,1-4H3. The van der Waals surface area contributed by atoms with Gasteiger partial charge < -0.3 is 10.1 Å². The van der Waals surface area contributed by atoms with Crippen LogP contribution in [0.4, 0.5) is 0 Å². The third-order valence-corrected chi connectivity index (χ3v) is 3.34. The highest BCUT2D eigenvalue weighted by atomic mass is 16.5. The first-order valence-corrected chi connectivity index (χ1v) is 6.54. The van der Waals surface area contributed by atoms with Crippen molar-refractivity contribution >= 4 is 0 Å². The largest absolute Gasteiger partial charge is 0.493 e. The first kappa shape index (κ1) is 13.6. The Morgan fingerprint density at radius 3 is 2.53 bits per heavy atom. The fourth-order valence-electron chi connectivity index (χ4n) is 2.30. The Labute approximate surface area is 114 Å². The SMILES string of the molecule is CCn1ncc(OC)c1C(NC)c1ccc(C)cc1. The average molecular weight is 259 g/mol. The molecule has 2 aromatic rings. The van der Waals surface area contributed by atoms with Crippen molar-refractivity contribution in [3.05, 3.63) is 47.3 Å². The number of rotatable bonds is 5. The molecule has 1 aromatic carbocycles. The zero-order valence-electron chi connectivity index (χ0n) is 12.0. The number of aryl methyl sites for hydroxylation is 2. The molecule has 0 fully saturated rings. The zero-order valence-corrected chi connectivity index (χ0v) is 12.0. The number of methoxy groups -OCH3 is 1. The number of nitrogens with one attached hydrogen (secondary N) is 1. The molecule has 4 heteroatoms. The van der Waals surface area contributed by atoms with Crippen molar-refractivity contribution in [3.63, 3.8) is 0 Å². The average Bonchev–Trinajstić information content (AvgIpc) is 2.85. The Morgan fingerprint density at radius 2 is 2.00 bits per heavy atom. The molecule has 0 aliphatic rings. The predicted molar refractivity (Wildman–Crippen MR) is 76.5 cm³/mol.